The summed E-state index contributed by atoms with van der Waals surface area (Å²) in [6.07, 6.45) is 1.82. The Morgan fingerprint density at radius 1 is 0.327 bits per heavy atom. The number of rotatable bonds is 59. The van der Waals surface area contributed by atoms with Crippen LogP contribution in [0.4, 0.5) is 0 Å². The molecule has 3 aromatic rings. The molecule has 964 valence electrons. The quantitative estimate of drug-likeness (QED) is 0.0245. The van der Waals surface area contributed by atoms with Gasteiger partial charge < -0.3 is 24.1 Å². The molecule has 0 amide bonds. The average molecular weight is 13300 g/mol. The Morgan fingerprint density at radius 2 is 0.537 bits per heavy atom. The number of benzene rings is 2. The Kier molecular flexibility index (Phi) is 210. The average Bonchev–Trinajstić information content (AvgIpc) is 0.727. The fourth-order valence-electron chi connectivity index (χ4n) is 4.86. The fraction of sp³-hybridized carbons (Fsp3) is 0.500. The maximum absolute atomic E-state index is 8.39. The number of hydrogen-bond acceptors (Lipinski definition) is 13. The zero-order valence-corrected chi connectivity index (χ0v) is 286. The van der Waals surface area contributed by atoms with Gasteiger partial charge in [0.05, 0.1) is 22.6 Å². The number of pyridine rings is 1. The second-order valence-corrected chi connectivity index (χ2v) is 2270. The molecular formula is C34H53I98NO5P2S7-2. The second-order valence-electron chi connectivity index (χ2n) is 18.7. The van der Waals surface area contributed by atoms with Crippen molar-refractivity contribution in [3.05, 3.63) is 78.5 Å². The van der Waals surface area contributed by atoms with Crippen molar-refractivity contribution in [2.24, 2.45) is 17.8 Å². The van der Waals surface area contributed by atoms with Gasteiger partial charge in [0.2, 0.25) is 0 Å². The summed E-state index contributed by atoms with van der Waals surface area (Å²) in [7, 11) is -13.2. The van der Waals surface area contributed by atoms with E-state index in [0.29, 0.717) is 45.0 Å². The molecule has 1 saturated heterocycles. The molecule has 0 spiro atoms. The zero-order chi connectivity index (χ0) is 115. The number of aliphatic hydroxyl groups is 1. The summed E-state index contributed by atoms with van der Waals surface area (Å²) in [5, 5.41) is 12.0. The van der Waals surface area contributed by atoms with E-state index in [4.69, 9.17) is 47.7 Å². The van der Waals surface area contributed by atoms with Gasteiger partial charge in [0.25, 0.3) is 0 Å². The summed E-state index contributed by atoms with van der Waals surface area (Å²) >= 11 is 185. The van der Waals surface area contributed by atoms with Gasteiger partial charge in [0.1, 0.15) is 10.8 Å². The normalized spacial score (nSPS) is 18.8. The Balaban J connectivity index is -0.00000190. The first-order chi connectivity index (χ1) is 68.0. The third-order valence-electron chi connectivity index (χ3n) is 9.83. The molecule has 1 aliphatic rings. The van der Waals surface area contributed by atoms with Gasteiger partial charge in [-0.3, -0.25) is 0 Å². The van der Waals surface area contributed by atoms with Gasteiger partial charge in [-0.25, -0.2) is 4.98 Å². The number of aromatic nitrogens is 1. The van der Waals surface area contributed by atoms with Gasteiger partial charge in [0, 0.05) is 69.6 Å². The van der Waals surface area contributed by atoms with Crippen LogP contribution >= 0.6 is 1370 Å². The van der Waals surface area contributed by atoms with Crippen LogP contribution in [0.25, 0.3) is 0 Å². The number of thiol groups is 1. The Morgan fingerprint density at radius 3 is 0.714 bits per heavy atom. The number of methoxy groups -OCH3 is 4. The van der Waals surface area contributed by atoms with Crippen LogP contribution in [-0.4, -0.2) is 76.5 Å². The zero-order valence-electron chi connectivity index (χ0n) is 66.8. The van der Waals surface area contributed by atoms with E-state index in [-0.39, 0.29) is 12.5 Å². The molecule has 3 unspecified atom stereocenters. The number of ether oxygens (including phenoxy) is 4. The van der Waals surface area contributed by atoms with Crippen LogP contribution in [0.5, 0.6) is 5.75 Å². The van der Waals surface area contributed by atoms with E-state index in [1.165, 1.54) is 16.2 Å². The summed E-state index contributed by atoms with van der Waals surface area (Å²) in [5.41, 5.74) is 1.27. The number of hydrogen-bond donors (Lipinski definition) is 2. The molecule has 0 bridgehead atoms. The Hall–Kier alpha value is 71.8. The topological polar surface area (TPSA) is 70.0 Å². The van der Waals surface area contributed by atoms with Gasteiger partial charge in [-0.05, 0) is 71.7 Å². The standard InChI is InChI=1S/C14H14OP2S4.C10H15NOS2.C5H12O2.C5H12OS.I48.I47.I3/c1-11-3-7-13(8-4-11)16(18)20-17(19,21-16)14-9-5-12(15-2)6-10-14;1-9(7-12-2)8-13-14-10-5-3-4-6-11-10;1-5(3-6)4-7-2;1-5(4-7)3-6-2;1-26(2)28(5)30(7)32(9)34(11)36(13)38(15)40(17)42(19)44(21)46(23)48(25)47(24)45(22)43(20)41(18)39(16)37(14)35(12)33(10)31(8)29(6)27(3)4;1-25-27(4)29(6)31(8)33(10)35(12)37(14)39(16)41(18)43(20)45(22)47(24)46(23)44(21)42(19)40(17)38(15)36(13)34(11)32(9)30(7)28(5)26(2)3;1-3-2/h3-10H,1-2H3;3-6,9H,7-8H2,1-2H3;5-6H,3-4H2,1-2H3;5,7H,3-4H2,1-2H3;;;/q;;;;;2*-1. The predicted octanol–water partition coefficient (Wildman–Crippen LogP) is 88.7. The predicted molar refractivity (Wildman–Crippen MR) is 1580 cm³/mol. The molecule has 4 rings (SSSR count). The van der Waals surface area contributed by atoms with E-state index in [1.54, 1.807) is 39.2 Å². The summed E-state index contributed by atoms with van der Waals surface area (Å²) in [6.45, 7) is 10.8. The van der Waals surface area contributed by atoms with Crippen molar-refractivity contribution in [1.82, 2.24) is 4.98 Å². The first-order valence-electron chi connectivity index (χ1n) is 29.2. The molecule has 6 nitrogen and oxygen atoms in total. The van der Waals surface area contributed by atoms with E-state index in [9.17, 15) is 0 Å². The molecule has 1 aromatic heterocycles. The van der Waals surface area contributed by atoms with Gasteiger partial charge in [0.15, 0.2) is 0 Å². The fourth-order valence-corrected chi connectivity index (χ4v) is 17400. The number of aryl methyl sites for hydroxylation is 1. The van der Waals surface area contributed by atoms with Crippen molar-refractivity contribution >= 4 is 1400 Å². The van der Waals surface area contributed by atoms with Crippen LogP contribution in [-0.2, 0) is 37.8 Å². The third-order valence-corrected chi connectivity index (χ3v) is 7230. The van der Waals surface area contributed by atoms with E-state index in [2.05, 4.69) is 1020 Å². The maximum atomic E-state index is 8.39. The molecule has 1 aliphatic heterocycles. The Bertz CT molecular complexity index is 3830. The molecule has 3 atom stereocenters. The molecule has 147 heavy (non-hydrogen) atoms. The van der Waals surface area contributed by atoms with Crippen LogP contribution in [0, 0.1) is 24.7 Å². The Labute approximate surface area is 1580 Å². The van der Waals surface area contributed by atoms with E-state index < -0.39 is 364 Å². The first kappa shape index (κ1) is 223. The molecule has 1 fully saturated rings. The summed E-state index contributed by atoms with van der Waals surface area (Å²) in [4.78, 5) is 4.23. The first-order valence-corrected chi connectivity index (χ1v) is 639. The van der Waals surface area contributed by atoms with E-state index in [0.717, 1.165) is 35.5 Å². The van der Waals surface area contributed by atoms with Gasteiger partial charge in [-0.15, -0.1) is 0 Å². The van der Waals surface area contributed by atoms with Crippen LogP contribution < -0.4 is 41.9 Å². The second kappa shape index (κ2) is 139. The number of nitrogens with zero attached hydrogens (tertiary/aromatic N) is 1. The molecule has 0 aliphatic carbocycles. The minimum atomic E-state index is -1.62. The summed E-state index contributed by atoms with van der Waals surface area (Å²) in [6, 6.07) is 22.7. The van der Waals surface area contributed by atoms with Crippen molar-refractivity contribution in [3.63, 3.8) is 0 Å². The van der Waals surface area contributed by atoms with Crippen molar-refractivity contribution in [2.45, 2.75) is 32.7 Å². The third kappa shape index (κ3) is 99.8. The summed E-state index contributed by atoms with van der Waals surface area (Å²) < 4.78 is 16.6. The number of aliphatic hydroxyl groups excluding tert-OH is 1. The molecular weight excluding hydrogens is 13200 g/mol. The summed E-state index contributed by atoms with van der Waals surface area (Å²) in [5.74, 6) is 4.34. The van der Waals surface area contributed by atoms with Crippen molar-refractivity contribution in [2.75, 3.05) is 66.4 Å². The van der Waals surface area contributed by atoms with Gasteiger partial charge >= 0.3 is 1330 Å². The van der Waals surface area contributed by atoms with Gasteiger partial charge in [-0.2, -0.15) is 12.6 Å². The van der Waals surface area contributed by atoms with Crippen molar-refractivity contribution < 1.29 is 50.6 Å². The molecule has 0 radical (unpaired) electrons. The SMILES string of the molecule is COCC(C)CO.COCC(C)CS.COCC(C)CSSc1ccccn1.COc1ccc(P2(=S)SP(=S)(c3ccc(C)cc3)S2)cc1.II(I)I(I)I(I)I(I)I(I)I(I)I(I)I(I)I(I)I(I)I(I)I(I)I(I)I(I)I(I)I(I)I(I)I(I)I(I)I(I)I(I)I(I)I(I)I.I[I-]I.I[I-]I(I)I(I)I(I)I(I)I(I)I(I)I(I)I(I)I(I)I(I)I(I)I(I)I(I)I(I)I(I)I(I)I(I)I(I)I(I)I(I)I(I)I(I)I. The van der Waals surface area contributed by atoms with Crippen LogP contribution in [0.2, 0.25) is 0 Å². The van der Waals surface area contributed by atoms with Gasteiger partial charge in [-0.1, -0.05) is 113 Å². The monoisotopic (exact) mass is 13300 g/mol. The van der Waals surface area contributed by atoms with Crippen LogP contribution in [0.1, 0.15) is 26.3 Å². The molecule has 1 N–H and O–H groups in total. The van der Waals surface area contributed by atoms with Crippen LogP contribution in [0.15, 0.2) is 78.0 Å². The molecule has 113 heteroatoms. The van der Waals surface area contributed by atoms with Crippen LogP contribution in [0.3, 0.4) is 0 Å². The number of halogens is 98. The minimum absolute atomic E-state index is 0.216. The molecule has 2 heterocycles. The van der Waals surface area contributed by atoms with E-state index in [1.807, 2.05) is 76.2 Å². The van der Waals surface area contributed by atoms with E-state index >= 15 is 0 Å². The van der Waals surface area contributed by atoms with Crippen molar-refractivity contribution in [3.8, 4) is 5.75 Å². The molecule has 0 saturated carbocycles. The molecule has 2 aromatic carbocycles. The van der Waals surface area contributed by atoms with Crippen molar-refractivity contribution in [1.29, 1.82) is 0 Å².